The van der Waals surface area contributed by atoms with Crippen molar-refractivity contribution in [2.75, 3.05) is 13.2 Å². The van der Waals surface area contributed by atoms with Gasteiger partial charge in [0.2, 0.25) is 0 Å². The van der Waals surface area contributed by atoms with Crippen LogP contribution in [0.15, 0.2) is 72.9 Å². The SMILES string of the molecule is CC/C=C\C/C=C\C/C=C\C/C=C\CCCCCCC(=O)OCC(COC(=O)CCCCCCCCCCCCCCCC)OC(=O)CCCCCCC/C=C\C/C=C\CCCC. The molecule has 63 heavy (non-hydrogen) atoms. The van der Waals surface area contributed by atoms with Gasteiger partial charge in [0.1, 0.15) is 13.2 Å². The molecular weight excluding hydrogens is 781 g/mol. The van der Waals surface area contributed by atoms with Crippen LogP contribution in [0.4, 0.5) is 0 Å². The van der Waals surface area contributed by atoms with Crippen molar-refractivity contribution in [1.82, 2.24) is 0 Å². The minimum absolute atomic E-state index is 0.0875. The molecule has 0 rings (SSSR count). The number of carbonyl (C=O) groups excluding carboxylic acids is 3. The van der Waals surface area contributed by atoms with Crippen molar-refractivity contribution in [1.29, 1.82) is 0 Å². The van der Waals surface area contributed by atoms with Gasteiger partial charge in [-0.05, 0) is 83.5 Å². The molecule has 0 aliphatic heterocycles. The van der Waals surface area contributed by atoms with E-state index in [0.29, 0.717) is 19.3 Å². The zero-order valence-corrected chi connectivity index (χ0v) is 41.3. The Balaban J connectivity index is 4.43. The molecule has 0 saturated heterocycles. The number of allylic oxidation sites excluding steroid dienone is 12. The predicted octanol–water partition coefficient (Wildman–Crippen LogP) is 17.4. The van der Waals surface area contributed by atoms with Crippen LogP contribution in [-0.4, -0.2) is 37.2 Å². The summed E-state index contributed by atoms with van der Waals surface area (Å²) in [6.07, 6.45) is 64.5. The van der Waals surface area contributed by atoms with E-state index >= 15 is 0 Å². The number of rotatable bonds is 47. The third-order valence-corrected chi connectivity index (χ3v) is 11.2. The molecule has 0 radical (unpaired) electrons. The van der Waals surface area contributed by atoms with E-state index in [4.69, 9.17) is 14.2 Å². The van der Waals surface area contributed by atoms with Crippen LogP contribution in [0.1, 0.15) is 252 Å². The van der Waals surface area contributed by atoms with Crippen molar-refractivity contribution in [3.05, 3.63) is 72.9 Å². The van der Waals surface area contributed by atoms with Gasteiger partial charge in [0.25, 0.3) is 0 Å². The van der Waals surface area contributed by atoms with Gasteiger partial charge in [0, 0.05) is 19.3 Å². The lowest BCUT2D eigenvalue weighted by atomic mass is 10.0. The second kappa shape index (κ2) is 51.5. The van der Waals surface area contributed by atoms with Crippen LogP contribution < -0.4 is 0 Å². The Morgan fingerprint density at radius 1 is 0.333 bits per heavy atom. The van der Waals surface area contributed by atoms with Gasteiger partial charge in [-0.1, -0.05) is 222 Å². The Morgan fingerprint density at radius 2 is 0.635 bits per heavy atom. The van der Waals surface area contributed by atoms with Crippen molar-refractivity contribution in [3.8, 4) is 0 Å². The van der Waals surface area contributed by atoms with Crippen LogP contribution in [0.3, 0.4) is 0 Å². The quantitative estimate of drug-likeness (QED) is 0.0262. The Hall–Kier alpha value is -3.15. The lowest BCUT2D eigenvalue weighted by molar-refractivity contribution is -0.167. The number of unbranched alkanes of at least 4 members (excludes halogenated alkanes) is 24. The van der Waals surface area contributed by atoms with E-state index in [2.05, 4.69) is 93.7 Å². The Morgan fingerprint density at radius 3 is 1.02 bits per heavy atom. The molecule has 0 saturated carbocycles. The first-order valence-corrected chi connectivity index (χ1v) is 26.4. The van der Waals surface area contributed by atoms with Crippen LogP contribution in [-0.2, 0) is 28.6 Å². The first-order chi connectivity index (χ1) is 31.0. The lowest BCUT2D eigenvalue weighted by Gasteiger charge is -2.18. The summed E-state index contributed by atoms with van der Waals surface area (Å²) >= 11 is 0. The van der Waals surface area contributed by atoms with Gasteiger partial charge in [-0.2, -0.15) is 0 Å². The van der Waals surface area contributed by atoms with Gasteiger partial charge in [0.15, 0.2) is 6.10 Å². The normalized spacial score (nSPS) is 12.6. The molecule has 1 unspecified atom stereocenters. The number of esters is 3. The molecule has 0 aliphatic carbocycles. The van der Waals surface area contributed by atoms with Crippen LogP contribution in [0.2, 0.25) is 0 Å². The molecule has 0 heterocycles. The fourth-order valence-electron chi connectivity index (χ4n) is 7.21. The fourth-order valence-corrected chi connectivity index (χ4v) is 7.21. The third-order valence-electron chi connectivity index (χ3n) is 11.2. The van der Waals surface area contributed by atoms with Crippen molar-refractivity contribution in [2.45, 2.75) is 258 Å². The zero-order chi connectivity index (χ0) is 45.8. The molecule has 0 aliphatic rings. The monoisotopic (exact) mass is 879 g/mol. The summed E-state index contributed by atoms with van der Waals surface area (Å²) in [6, 6.07) is 0. The highest BCUT2D eigenvalue weighted by Gasteiger charge is 2.19. The molecular formula is C57H98O6. The van der Waals surface area contributed by atoms with Crippen molar-refractivity contribution < 1.29 is 28.6 Å². The maximum Gasteiger partial charge on any atom is 0.306 e. The highest BCUT2D eigenvalue weighted by molar-refractivity contribution is 5.71. The maximum absolute atomic E-state index is 12.8. The Bertz CT molecular complexity index is 1190. The number of hydrogen-bond acceptors (Lipinski definition) is 6. The maximum atomic E-state index is 12.8. The largest absolute Gasteiger partial charge is 0.462 e. The number of carbonyl (C=O) groups is 3. The Kier molecular flexibility index (Phi) is 48.9. The predicted molar refractivity (Wildman–Crippen MR) is 270 cm³/mol. The highest BCUT2D eigenvalue weighted by atomic mass is 16.6. The van der Waals surface area contributed by atoms with E-state index < -0.39 is 6.10 Å². The molecule has 0 fully saturated rings. The second-order valence-electron chi connectivity index (χ2n) is 17.4. The van der Waals surface area contributed by atoms with E-state index in [1.54, 1.807) is 0 Å². The van der Waals surface area contributed by atoms with E-state index in [1.807, 2.05) is 0 Å². The van der Waals surface area contributed by atoms with E-state index in [-0.39, 0.29) is 31.1 Å². The van der Waals surface area contributed by atoms with E-state index in [0.717, 1.165) is 122 Å². The first kappa shape index (κ1) is 59.9. The molecule has 0 spiro atoms. The first-order valence-electron chi connectivity index (χ1n) is 26.4. The third kappa shape index (κ3) is 49.7. The molecule has 6 nitrogen and oxygen atoms in total. The summed E-state index contributed by atoms with van der Waals surface area (Å²) in [5.74, 6) is -0.922. The van der Waals surface area contributed by atoms with Gasteiger partial charge in [0.05, 0.1) is 0 Å². The number of ether oxygens (including phenoxy) is 3. The molecule has 0 bridgehead atoms. The summed E-state index contributed by atoms with van der Waals surface area (Å²) < 4.78 is 16.8. The van der Waals surface area contributed by atoms with Gasteiger partial charge in [-0.15, -0.1) is 0 Å². The van der Waals surface area contributed by atoms with Crippen LogP contribution in [0.25, 0.3) is 0 Å². The smallest absolute Gasteiger partial charge is 0.306 e. The van der Waals surface area contributed by atoms with Crippen molar-refractivity contribution >= 4 is 17.9 Å². The average Bonchev–Trinajstić information content (AvgIpc) is 3.28. The average molecular weight is 879 g/mol. The molecule has 0 N–H and O–H groups in total. The lowest BCUT2D eigenvalue weighted by Crippen LogP contribution is -2.30. The van der Waals surface area contributed by atoms with Crippen molar-refractivity contribution in [3.63, 3.8) is 0 Å². The molecule has 0 aromatic heterocycles. The summed E-state index contributed by atoms with van der Waals surface area (Å²) in [7, 11) is 0. The molecule has 0 amide bonds. The van der Waals surface area contributed by atoms with E-state index in [9.17, 15) is 14.4 Å². The second-order valence-corrected chi connectivity index (χ2v) is 17.4. The summed E-state index contributed by atoms with van der Waals surface area (Å²) in [5.41, 5.74) is 0. The van der Waals surface area contributed by atoms with Gasteiger partial charge in [-0.3, -0.25) is 14.4 Å². The van der Waals surface area contributed by atoms with Crippen LogP contribution >= 0.6 is 0 Å². The topological polar surface area (TPSA) is 78.9 Å². The van der Waals surface area contributed by atoms with Gasteiger partial charge < -0.3 is 14.2 Å². The fraction of sp³-hybridized carbons (Fsp3) is 0.737. The molecule has 0 aromatic rings. The molecule has 362 valence electrons. The Labute approximate surface area is 389 Å². The summed E-state index contributed by atoms with van der Waals surface area (Å²) in [6.45, 7) is 6.46. The molecule has 1 atom stereocenters. The highest BCUT2D eigenvalue weighted by Crippen LogP contribution is 2.15. The minimum Gasteiger partial charge on any atom is -0.462 e. The summed E-state index contributed by atoms with van der Waals surface area (Å²) in [4.78, 5) is 38.0. The van der Waals surface area contributed by atoms with Crippen molar-refractivity contribution in [2.24, 2.45) is 0 Å². The standard InChI is InChI=1S/C57H98O6/c1-4-7-10-13-16-19-22-25-28-29-30-33-35-38-41-44-47-50-56(59)62-53-54(63-57(60)51-48-45-42-39-36-32-27-24-21-18-15-12-9-6-3)52-61-55(58)49-46-43-40-37-34-31-26-23-20-17-14-11-8-5-2/h7,10,15-16,18-19,24-25,27-28,30,33,54H,4-6,8-9,11-14,17,20-23,26,29,31-32,34-53H2,1-3H3/b10-7-,18-15-,19-16-,27-24-,28-25-,33-30-. The molecule has 0 aromatic carbocycles. The van der Waals surface area contributed by atoms with Gasteiger partial charge >= 0.3 is 17.9 Å². The number of hydrogen-bond donors (Lipinski definition) is 0. The zero-order valence-electron chi connectivity index (χ0n) is 41.3. The van der Waals surface area contributed by atoms with Crippen LogP contribution in [0, 0.1) is 0 Å². The van der Waals surface area contributed by atoms with Gasteiger partial charge in [-0.25, -0.2) is 0 Å². The van der Waals surface area contributed by atoms with Crippen LogP contribution in [0.5, 0.6) is 0 Å². The van der Waals surface area contributed by atoms with E-state index in [1.165, 1.54) is 89.9 Å². The molecule has 6 heteroatoms. The summed E-state index contributed by atoms with van der Waals surface area (Å²) in [5, 5.41) is 0. The minimum atomic E-state index is -0.791.